The van der Waals surface area contributed by atoms with E-state index in [1.54, 1.807) is 13.0 Å². The van der Waals surface area contributed by atoms with Crippen LogP contribution in [-0.4, -0.2) is 18.1 Å². The highest BCUT2D eigenvalue weighted by Crippen LogP contribution is 2.40. The van der Waals surface area contributed by atoms with Crippen LogP contribution in [0.3, 0.4) is 0 Å². The summed E-state index contributed by atoms with van der Waals surface area (Å²) in [6, 6.07) is 4.15. The minimum Gasteiger partial charge on any atom is -0.462 e. The van der Waals surface area contributed by atoms with Crippen molar-refractivity contribution in [3.05, 3.63) is 28.8 Å². The average Bonchev–Trinajstić information content (AvgIpc) is 2.36. The van der Waals surface area contributed by atoms with Crippen LogP contribution in [0.25, 0.3) is 0 Å². The molecule has 0 N–H and O–H groups in total. The van der Waals surface area contributed by atoms with Gasteiger partial charge in [-0.25, -0.2) is 4.79 Å². The maximum Gasteiger partial charge on any atom is 0.446 e. The van der Waals surface area contributed by atoms with Crippen molar-refractivity contribution in [1.82, 2.24) is 0 Å². The lowest BCUT2D eigenvalue weighted by atomic mass is 10.0. The van der Waals surface area contributed by atoms with E-state index in [2.05, 4.69) is 15.9 Å². The molecule has 0 saturated carbocycles. The van der Waals surface area contributed by atoms with Gasteiger partial charge >= 0.3 is 11.5 Å². The van der Waals surface area contributed by atoms with Crippen molar-refractivity contribution < 1.29 is 22.7 Å². The third-order valence-electron chi connectivity index (χ3n) is 2.23. The average molecular weight is 368 g/mol. The zero-order valence-corrected chi connectivity index (χ0v) is 12.7. The van der Waals surface area contributed by atoms with Gasteiger partial charge in [-0.1, -0.05) is 15.9 Å². The van der Waals surface area contributed by atoms with E-state index in [-0.39, 0.29) is 45.3 Å². The van der Waals surface area contributed by atoms with Crippen LogP contribution in [0, 0.1) is 11.3 Å². The van der Waals surface area contributed by atoms with Gasteiger partial charge < -0.3 is 4.74 Å². The van der Waals surface area contributed by atoms with E-state index in [0.29, 0.717) is 0 Å². The molecule has 0 bridgehead atoms. The monoisotopic (exact) mass is 367 g/mol. The van der Waals surface area contributed by atoms with Crippen molar-refractivity contribution in [3.63, 3.8) is 0 Å². The minimum atomic E-state index is -4.48. The molecule has 0 amide bonds. The number of esters is 1. The number of carbonyl (C=O) groups is 1. The van der Waals surface area contributed by atoms with Gasteiger partial charge in [-0.2, -0.15) is 18.4 Å². The van der Waals surface area contributed by atoms with Gasteiger partial charge in [0.15, 0.2) is 0 Å². The zero-order valence-electron chi connectivity index (χ0n) is 10.3. The molecule has 1 rings (SSSR count). The van der Waals surface area contributed by atoms with Crippen LogP contribution in [0.1, 0.15) is 28.4 Å². The fourth-order valence-electron chi connectivity index (χ4n) is 1.51. The standard InChI is InChI=1S/C12H9BrF3NO2S/c1-2-19-11(18)10-7(6-17)3-4-9(8(10)5-13)20-12(14,15)16/h3-4H,2,5H2,1H3. The van der Waals surface area contributed by atoms with Gasteiger partial charge in [-0.05, 0) is 36.4 Å². The number of carbonyl (C=O) groups excluding carboxylic acids is 1. The van der Waals surface area contributed by atoms with Crippen molar-refractivity contribution in [2.45, 2.75) is 22.7 Å². The van der Waals surface area contributed by atoms with Crippen LogP contribution in [0.15, 0.2) is 17.0 Å². The second-order valence-corrected chi connectivity index (χ2v) is 5.15. The third kappa shape index (κ3) is 4.15. The van der Waals surface area contributed by atoms with Crippen molar-refractivity contribution in [2.24, 2.45) is 0 Å². The van der Waals surface area contributed by atoms with Crippen LogP contribution in [0.2, 0.25) is 0 Å². The Morgan fingerprint density at radius 1 is 1.50 bits per heavy atom. The van der Waals surface area contributed by atoms with Gasteiger partial charge in [0, 0.05) is 10.2 Å². The summed E-state index contributed by atoms with van der Waals surface area (Å²) in [5, 5.41) is 8.99. The number of halogens is 4. The molecule has 0 aromatic heterocycles. The first-order valence-electron chi connectivity index (χ1n) is 5.38. The lowest BCUT2D eigenvalue weighted by Crippen LogP contribution is -2.12. The summed E-state index contributed by atoms with van der Waals surface area (Å²) in [6.07, 6.45) is 0. The highest BCUT2D eigenvalue weighted by atomic mass is 79.9. The molecule has 8 heteroatoms. The van der Waals surface area contributed by atoms with Crippen molar-refractivity contribution in [2.75, 3.05) is 6.61 Å². The Morgan fingerprint density at radius 2 is 2.15 bits per heavy atom. The van der Waals surface area contributed by atoms with Gasteiger partial charge in [0.25, 0.3) is 0 Å². The number of ether oxygens (including phenoxy) is 1. The topological polar surface area (TPSA) is 50.1 Å². The number of nitrogens with zero attached hydrogens (tertiary/aromatic N) is 1. The molecule has 0 atom stereocenters. The highest BCUT2D eigenvalue weighted by molar-refractivity contribution is 9.08. The SMILES string of the molecule is CCOC(=O)c1c(C#N)ccc(SC(F)(F)F)c1CBr. The molecule has 0 spiro atoms. The third-order valence-corrected chi connectivity index (χ3v) is 3.62. The van der Waals surface area contributed by atoms with E-state index >= 15 is 0 Å². The maximum atomic E-state index is 12.5. The van der Waals surface area contributed by atoms with E-state index in [1.807, 2.05) is 0 Å². The van der Waals surface area contributed by atoms with E-state index in [4.69, 9.17) is 10.00 Å². The van der Waals surface area contributed by atoms with E-state index in [0.717, 1.165) is 0 Å². The molecule has 0 aliphatic heterocycles. The van der Waals surface area contributed by atoms with E-state index < -0.39 is 11.5 Å². The molecule has 0 heterocycles. The van der Waals surface area contributed by atoms with Crippen molar-refractivity contribution in [3.8, 4) is 6.07 Å². The number of rotatable bonds is 4. The molecule has 0 saturated heterocycles. The molecule has 0 aliphatic rings. The number of hydrogen-bond acceptors (Lipinski definition) is 4. The molecule has 3 nitrogen and oxygen atoms in total. The Balaban J connectivity index is 3.41. The van der Waals surface area contributed by atoms with Gasteiger partial charge in [0.2, 0.25) is 0 Å². The zero-order chi connectivity index (χ0) is 15.3. The van der Waals surface area contributed by atoms with Crippen molar-refractivity contribution >= 4 is 33.7 Å². The molecule has 1 aromatic rings. The van der Waals surface area contributed by atoms with Crippen molar-refractivity contribution in [1.29, 1.82) is 5.26 Å². The fourth-order valence-corrected chi connectivity index (χ4v) is 2.96. The quantitative estimate of drug-likeness (QED) is 0.453. The predicted molar refractivity (Wildman–Crippen MR) is 71.7 cm³/mol. The Bertz CT molecular complexity index is 555. The van der Waals surface area contributed by atoms with Crippen LogP contribution in [-0.2, 0) is 10.1 Å². The normalized spacial score (nSPS) is 11.0. The Kier molecular flexibility index (Phi) is 5.89. The Morgan fingerprint density at radius 3 is 2.60 bits per heavy atom. The van der Waals surface area contributed by atoms with Crippen LogP contribution in [0.5, 0.6) is 0 Å². The molecule has 20 heavy (non-hydrogen) atoms. The summed E-state index contributed by atoms with van der Waals surface area (Å²) in [5.41, 5.74) is -4.51. The van der Waals surface area contributed by atoms with E-state index in [9.17, 15) is 18.0 Å². The molecular weight excluding hydrogens is 359 g/mol. The predicted octanol–water partition coefficient (Wildman–Crippen LogP) is 4.24. The maximum absolute atomic E-state index is 12.5. The second-order valence-electron chi connectivity index (χ2n) is 3.48. The second kappa shape index (κ2) is 6.99. The molecule has 0 unspecified atom stereocenters. The summed E-state index contributed by atoms with van der Waals surface area (Å²) in [7, 11) is 0. The van der Waals surface area contributed by atoms with Crippen LogP contribution >= 0.6 is 27.7 Å². The van der Waals surface area contributed by atoms with Gasteiger partial charge in [-0.3, -0.25) is 0 Å². The largest absolute Gasteiger partial charge is 0.462 e. The number of alkyl halides is 4. The lowest BCUT2D eigenvalue weighted by molar-refractivity contribution is -0.0328. The Labute approximate surface area is 126 Å². The first-order chi connectivity index (χ1) is 9.34. The molecule has 0 aliphatic carbocycles. The summed E-state index contributed by atoms with van der Waals surface area (Å²) in [6.45, 7) is 1.65. The summed E-state index contributed by atoms with van der Waals surface area (Å²) in [4.78, 5) is 11.7. The van der Waals surface area contributed by atoms with Crippen LogP contribution < -0.4 is 0 Å². The molecular formula is C12H9BrF3NO2S. The first-order valence-corrected chi connectivity index (χ1v) is 7.32. The number of benzene rings is 1. The molecule has 1 aromatic carbocycles. The minimum absolute atomic E-state index is 0.00901. The van der Waals surface area contributed by atoms with Gasteiger partial charge in [0.1, 0.15) is 6.07 Å². The summed E-state index contributed by atoms with van der Waals surface area (Å²) >= 11 is 2.73. The molecule has 108 valence electrons. The molecule has 0 radical (unpaired) electrons. The fraction of sp³-hybridized carbons (Fsp3) is 0.333. The molecule has 0 fully saturated rings. The van der Waals surface area contributed by atoms with Gasteiger partial charge in [-0.15, -0.1) is 0 Å². The number of hydrogen-bond donors (Lipinski definition) is 0. The van der Waals surface area contributed by atoms with E-state index in [1.165, 1.54) is 12.1 Å². The summed E-state index contributed by atoms with van der Waals surface area (Å²) in [5.74, 6) is -0.803. The number of thioether (sulfide) groups is 1. The highest BCUT2D eigenvalue weighted by Gasteiger charge is 2.32. The number of nitriles is 1. The van der Waals surface area contributed by atoms with Crippen LogP contribution in [0.4, 0.5) is 13.2 Å². The summed E-state index contributed by atoms with van der Waals surface area (Å²) < 4.78 is 42.3. The Hall–Kier alpha value is -1.20. The van der Waals surface area contributed by atoms with Gasteiger partial charge in [0.05, 0.1) is 17.7 Å². The lowest BCUT2D eigenvalue weighted by Gasteiger charge is -2.14. The smallest absolute Gasteiger partial charge is 0.446 e. The first kappa shape index (κ1) is 16.9.